The molecule has 3 rings (SSSR count). The van der Waals surface area contributed by atoms with Crippen LogP contribution in [0.25, 0.3) is 10.8 Å². The van der Waals surface area contributed by atoms with Crippen LogP contribution in [0.3, 0.4) is 0 Å². The third kappa shape index (κ3) is 3.71. The second-order valence-electron chi connectivity index (χ2n) is 5.73. The molecule has 5 heteroatoms. The van der Waals surface area contributed by atoms with Gasteiger partial charge in [-0.05, 0) is 47.2 Å². The highest BCUT2D eigenvalue weighted by Crippen LogP contribution is 2.22. The Morgan fingerprint density at radius 3 is 2.29 bits per heavy atom. The molecule has 124 valence electrons. The first-order valence-corrected chi connectivity index (χ1v) is 9.67. The van der Waals surface area contributed by atoms with Gasteiger partial charge >= 0.3 is 0 Å². The fourth-order valence-corrected chi connectivity index (χ4v) is 3.99. The predicted molar refractivity (Wildman–Crippen MR) is 101 cm³/mol. The van der Waals surface area contributed by atoms with Crippen molar-refractivity contribution in [2.24, 2.45) is 0 Å². The fraction of sp³-hybridized carbons (Fsp3) is 0.158. The monoisotopic (exact) mass is 359 g/mol. The number of fused-ring (bicyclic) bond motifs is 1. The summed E-state index contributed by atoms with van der Waals surface area (Å²) in [5, 5.41) is 2.84. The normalized spacial score (nSPS) is 11.6. The van der Waals surface area contributed by atoms with E-state index in [2.05, 4.69) is 24.3 Å². The largest absolute Gasteiger partial charge is 0.374 e. The molecule has 0 radical (unpaired) electrons. The average molecular weight is 360 g/mol. The molecule has 0 aliphatic heterocycles. The second kappa shape index (κ2) is 6.83. The van der Waals surface area contributed by atoms with E-state index in [1.54, 1.807) is 24.3 Å². The van der Waals surface area contributed by atoms with Gasteiger partial charge in [0.15, 0.2) is 9.84 Å². The lowest BCUT2D eigenvalue weighted by molar-refractivity contribution is 0.595. The molecule has 0 fully saturated rings. The predicted octanol–water partition coefficient (Wildman–Crippen LogP) is 4.40. The van der Waals surface area contributed by atoms with Crippen molar-refractivity contribution < 1.29 is 8.42 Å². The molecule has 0 saturated heterocycles. The number of benzene rings is 3. The highest BCUT2D eigenvalue weighted by atomic mass is 35.5. The summed E-state index contributed by atoms with van der Waals surface area (Å²) >= 11 is 5.81. The van der Waals surface area contributed by atoms with Gasteiger partial charge < -0.3 is 4.90 Å². The van der Waals surface area contributed by atoms with Crippen molar-refractivity contribution in [2.45, 2.75) is 4.90 Å². The Labute approximate surface area is 147 Å². The van der Waals surface area contributed by atoms with Gasteiger partial charge in [0.1, 0.15) is 0 Å². The van der Waals surface area contributed by atoms with Crippen LogP contribution < -0.4 is 4.90 Å². The van der Waals surface area contributed by atoms with E-state index in [4.69, 9.17) is 11.6 Å². The zero-order chi connectivity index (χ0) is 17.2. The summed E-state index contributed by atoms with van der Waals surface area (Å²) in [6.45, 7) is 0.420. The summed E-state index contributed by atoms with van der Waals surface area (Å²) in [6, 6.07) is 20.5. The Hall–Kier alpha value is -2.04. The van der Waals surface area contributed by atoms with Gasteiger partial charge in [0.05, 0.1) is 10.6 Å². The number of nitrogens with zero attached hydrogens (tertiary/aromatic N) is 1. The van der Waals surface area contributed by atoms with Crippen molar-refractivity contribution in [1.29, 1.82) is 0 Å². The number of sulfone groups is 1. The van der Waals surface area contributed by atoms with Crippen LogP contribution in [0.5, 0.6) is 0 Å². The van der Waals surface area contributed by atoms with Crippen LogP contribution >= 0.6 is 11.6 Å². The van der Waals surface area contributed by atoms with Gasteiger partial charge in [-0.25, -0.2) is 8.42 Å². The summed E-state index contributed by atoms with van der Waals surface area (Å²) in [5.41, 5.74) is 1.00. The molecule has 0 bridgehead atoms. The second-order valence-corrected chi connectivity index (χ2v) is 8.27. The van der Waals surface area contributed by atoms with Crippen molar-refractivity contribution in [1.82, 2.24) is 0 Å². The van der Waals surface area contributed by atoms with Gasteiger partial charge in [-0.2, -0.15) is 0 Å². The van der Waals surface area contributed by atoms with Gasteiger partial charge in [-0.15, -0.1) is 0 Å². The van der Waals surface area contributed by atoms with Crippen molar-refractivity contribution in [3.8, 4) is 0 Å². The number of halogens is 1. The van der Waals surface area contributed by atoms with Crippen LogP contribution in [-0.2, 0) is 9.84 Å². The van der Waals surface area contributed by atoms with Crippen molar-refractivity contribution in [2.75, 3.05) is 24.2 Å². The molecule has 24 heavy (non-hydrogen) atoms. The first kappa shape index (κ1) is 16.8. The quantitative estimate of drug-likeness (QED) is 0.677. The lowest BCUT2D eigenvalue weighted by atomic mass is 10.1. The van der Waals surface area contributed by atoms with Crippen LogP contribution in [0.1, 0.15) is 0 Å². The van der Waals surface area contributed by atoms with E-state index in [0.717, 1.165) is 11.1 Å². The van der Waals surface area contributed by atoms with E-state index in [1.807, 2.05) is 30.1 Å². The maximum Gasteiger partial charge on any atom is 0.180 e. The molecule has 3 aromatic rings. The Bertz CT molecular complexity index is 953. The molecular formula is C19H18ClNO2S. The molecule has 0 amide bonds. The molecule has 0 N–H and O–H groups in total. The molecule has 0 unspecified atom stereocenters. The van der Waals surface area contributed by atoms with Crippen molar-refractivity contribution in [3.05, 3.63) is 71.8 Å². The first-order chi connectivity index (χ1) is 11.5. The Morgan fingerprint density at radius 1 is 0.917 bits per heavy atom. The first-order valence-electron chi connectivity index (χ1n) is 7.64. The summed E-state index contributed by atoms with van der Waals surface area (Å²) in [4.78, 5) is 2.26. The Morgan fingerprint density at radius 2 is 1.58 bits per heavy atom. The molecule has 0 aliphatic rings. The van der Waals surface area contributed by atoms with Gasteiger partial charge in [0.25, 0.3) is 0 Å². The smallest absolute Gasteiger partial charge is 0.180 e. The zero-order valence-corrected chi connectivity index (χ0v) is 14.9. The summed E-state index contributed by atoms with van der Waals surface area (Å²) in [7, 11) is -1.42. The molecule has 3 aromatic carbocycles. The van der Waals surface area contributed by atoms with Crippen LogP contribution in [0, 0.1) is 0 Å². The number of hydrogen-bond donors (Lipinski definition) is 0. The van der Waals surface area contributed by atoms with Gasteiger partial charge in [-0.1, -0.05) is 41.9 Å². The number of rotatable bonds is 5. The molecule has 3 nitrogen and oxygen atoms in total. The fourth-order valence-electron chi connectivity index (χ4n) is 2.56. The lowest BCUT2D eigenvalue weighted by Gasteiger charge is -2.20. The molecule has 0 heterocycles. The minimum atomic E-state index is -3.32. The maximum atomic E-state index is 12.4. The minimum absolute atomic E-state index is 0.0535. The van der Waals surface area contributed by atoms with Crippen molar-refractivity contribution >= 4 is 37.9 Å². The summed E-state index contributed by atoms with van der Waals surface area (Å²) in [6.07, 6.45) is 0. The van der Waals surface area contributed by atoms with Crippen LogP contribution in [-0.4, -0.2) is 27.8 Å². The van der Waals surface area contributed by atoms with Gasteiger partial charge in [0.2, 0.25) is 0 Å². The highest BCUT2D eigenvalue weighted by molar-refractivity contribution is 7.91. The van der Waals surface area contributed by atoms with E-state index in [9.17, 15) is 8.42 Å². The standard InChI is InChI=1S/C19H18ClNO2S/c1-21(18-9-6-15-4-2-3-5-16(15)14-18)12-13-24(22,23)19-10-7-17(20)8-11-19/h2-11,14H,12-13H2,1H3. The Balaban J connectivity index is 1.74. The molecular weight excluding hydrogens is 342 g/mol. The minimum Gasteiger partial charge on any atom is -0.374 e. The topological polar surface area (TPSA) is 37.4 Å². The van der Waals surface area contributed by atoms with Gasteiger partial charge in [0, 0.05) is 24.3 Å². The van der Waals surface area contributed by atoms with E-state index >= 15 is 0 Å². The van der Waals surface area contributed by atoms with E-state index < -0.39 is 9.84 Å². The third-order valence-electron chi connectivity index (χ3n) is 4.04. The SMILES string of the molecule is CN(CCS(=O)(=O)c1ccc(Cl)cc1)c1ccc2ccccc2c1. The molecule has 0 spiro atoms. The Kier molecular flexibility index (Phi) is 4.78. The summed E-state index contributed by atoms with van der Waals surface area (Å²) in [5.74, 6) is 0.0535. The van der Waals surface area contributed by atoms with Crippen molar-refractivity contribution in [3.63, 3.8) is 0 Å². The number of hydrogen-bond acceptors (Lipinski definition) is 3. The van der Waals surface area contributed by atoms with Crippen LogP contribution in [0.4, 0.5) is 5.69 Å². The molecule has 0 aromatic heterocycles. The average Bonchev–Trinajstić information content (AvgIpc) is 2.59. The van der Waals surface area contributed by atoms with Crippen LogP contribution in [0.2, 0.25) is 5.02 Å². The summed E-state index contributed by atoms with van der Waals surface area (Å²) < 4.78 is 24.8. The van der Waals surface area contributed by atoms with E-state index in [0.29, 0.717) is 16.5 Å². The van der Waals surface area contributed by atoms with E-state index in [1.165, 1.54) is 5.39 Å². The molecule has 0 aliphatic carbocycles. The zero-order valence-electron chi connectivity index (χ0n) is 13.3. The third-order valence-corrected chi connectivity index (χ3v) is 6.00. The highest BCUT2D eigenvalue weighted by Gasteiger charge is 2.15. The molecule has 0 atom stereocenters. The molecule has 0 saturated carbocycles. The van der Waals surface area contributed by atoms with E-state index in [-0.39, 0.29) is 5.75 Å². The van der Waals surface area contributed by atoms with Crippen LogP contribution in [0.15, 0.2) is 71.6 Å². The number of anilines is 1. The van der Waals surface area contributed by atoms with Gasteiger partial charge in [-0.3, -0.25) is 0 Å². The lowest BCUT2D eigenvalue weighted by Crippen LogP contribution is -2.25. The maximum absolute atomic E-state index is 12.4.